The number of hydrogen-bond acceptors (Lipinski definition) is 4. The molecule has 0 atom stereocenters. The Morgan fingerprint density at radius 2 is 1.84 bits per heavy atom. The van der Waals surface area contributed by atoms with Crippen LogP contribution in [0, 0.1) is 5.92 Å². The van der Waals surface area contributed by atoms with Gasteiger partial charge in [-0.25, -0.2) is 0 Å². The lowest BCUT2D eigenvalue weighted by molar-refractivity contribution is 0.0497. The minimum atomic E-state index is -0.197. The van der Waals surface area contributed by atoms with E-state index in [0.717, 1.165) is 26.1 Å². The second-order valence-electron chi connectivity index (χ2n) is 4.98. The van der Waals surface area contributed by atoms with E-state index in [2.05, 4.69) is 0 Å². The highest BCUT2D eigenvalue weighted by Gasteiger charge is 2.20. The normalized spacial score (nSPS) is 16.3. The third kappa shape index (κ3) is 3.61. The molecule has 1 aliphatic heterocycles. The molecule has 0 radical (unpaired) electrons. The summed E-state index contributed by atoms with van der Waals surface area (Å²) in [5.41, 5.74) is 0.298. The first-order chi connectivity index (χ1) is 9.06. The largest absolute Gasteiger partial charge is 0.508 e. The minimum Gasteiger partial charge on any atom is -0.508 e. The molecule has 5 heteroatoms. The number of amides is 1. The molecule has 2 N–H and O–H groups in total. The quantitative estimate of drug-likeness (QED) is 0.871. The monoisotopic (exact) mass is 265 g/mol. The van der Waals surface area contributed by atoms with Crippen molar-refractivity contribution >= 4 is 5.91 Å². The summed E-state index contributed by atoms with van der Waals surface area (Å²) in [5, 5.41) is 18.8. The molecule has 1 saturated heterocycles. The molecule has 1 heterocycles. The van der Waals surface area contributed by atoms with Crippen LogP contribution < -0.4 is 0 Å². The van der Waals surface area contributed by atoms with Crippen LogP contribution >= 0.6 is 0 Å². The third-order valence-corrected chi connectivity index (χ3v) is 3.37. The van der Waals surface area contributed by atoms with E-state index in [1.54, 1.807) is 11.9 Å². The van der Waals surface area contributed by atoms with Crippen LogP contribution in [0.2, 0.25) is 0 Å². The van der Waals surface area contributed by atoms with Gasteiger partial charge in [-0.05, 0) is 30.9 Å². The predicted octanol–water partition coefficient (Wildman–Crippen LogP) is 1.60. The topological polar surface area (TPSA) is 70.0 Å². The van der Waals surface area contributed by atoms with Gasteiger partial charge >= 0.3 is 0 Å². The maximum atomic E-state index is 12.2. The number of carbonyl (C=O) groups is 1. The Balaban J connectivity index is 2.01. The van der Waals surface area contributed by atoms with Crippen molar-refractivity contribution in [2.75, 3.05) is 26.8 Å². The summed E-state index contributed by atoms with van der Waals surface area (Å²) in [5.74, 6) is 0.0388. The van der Waals surface area contributed by atoms with Gasteiger partial charge in [0.25, 0.3) is 5.91 Å². The molecule has 1 aliphatic rings. The summed E-state index contributed by atoms with van der Waals surface area (Å²) in [7, 11) is 1.74. The minimum absolute atomic E-state index is 0.109. The molecule has 0 aromatic heterocycles. The molecule has 0 spiro atoms. The molecule has 1 amide bonds. The smallest absolute Gasteiger partial charge is 0.253 e. The van der Waals surface area contributed by atoms with E-state index < -0.39 is 0 Å². The summed E-state index contributed by atoms with van der Waals surface area (Å²) < 4.78 is 5.29. The second kappa shape index (κ2) is 5.93. The highest BCUT2D eigenvalue weighted by atomic mass is 16.5. The van der Waals surface area contributed by atoms with Crippen molar-refractivity contribution in [2.24, 2.45) is 5.92 Å². The maximum absolute atomic E-state index is 12.2. The average Bonchev–Trinajstić information content (AvgIpc) is 2.37. The van der Waals surface area contributed by atoms with Gasteiger partial charge in [0, 0.05) is 38.4 Å². The summed E-state index contributed by atoms with van der Waals surface area (Å²) in [6.45, 7) is 2.16. The second-order valence-corrected chi connectivity index (χ2v) is 4.98. The zero-order valence-corrected chi connectivity index (χ0v) is 11.0. The molecule has 0 saturated carbocycles. The zero-order valence-electron chi connectivity index (χ0n) is 11.0. The van der Waals surface area contributed by atoms with Crippen LogP contribution in [0.4, 0.5) is 0 Å². The Hall–Kier alpha value is -1.75. The van der Waals surface area contributed by atoms with Crippen LogP contribution in [0.15, 0.2) is 18.2 Å². The average molecular weight is 265 g/mol. The number of phenols is 2. The highest BCUT2D eigenvalue weighted by molar-refractivity contribution is 5.94. The first-order valence-electron chi connectivity index (χ1n) is 6.42. The SMILES string of the molecule is CN(CC1CCOCC1)C(=O)c1cc(O)cc(O)c1. The number of rotatable bonds is 3. The first-order valence-corrected chi connectivity index (χ1v) is 6.42. The van der Waals surface area contributed by atoms with E-state index >= 15 is 0 Å². The van der Waals surface area contributed by atoms with Crippen molar-refractivity contribution in [1.82, 2.24) is 4.90 Å². The Morgan fingerprint density at radius 3 is 2.42 bits per heavy atom. The van der Waals surface area contributed by atoms with Crippen molar-refractivity contribution < 1.29 is 19.7 Å². The lowest BCUT2D eigenvalue weighted by Crippen LogP contribution is -2.34. The van der Waals surface area contributed by atoms with E-state index in [1.807, 2.05) is 0 Å². The van der Waals surface area contributed by atoms with Gasteiger partial charge in [-0.2, -0.15) is 0 Å². The Labute approximate surface area is 112 Å². The standard InChI is InChI=1S/C14H19NO4/c1-15(9-10-2-4-19-5-3-10)14(18)11-6-12(16)8-13(17)7-11/h6-8,10,16-17H,2-5,9H2,1H3. The van der Waals surface area contributed by atoms with Crippen LogP contribution in [0.3, 0.4) is 0 Å². The van der Waals surface area contributed by atoms with Gasteiger partial charge in [-0.15, -0.1) is 0 Å². The van der Waals surface area contributed by atoms with Crippen LogP contribution in [-0.2, 0) is 4.74 Å². The van der Waals surface area contributed by atoms with Gasteiger partial charge in [0.1, 0.15) is 11.5 Å². The molecular formula is C14H19NO4. The van der Waals surface area contributed by atoms with E-state index in [4.69, 9.17) is 4.74 Å². The number of nitrogens with zero attached hydrogens (tertiary/aromatic N) is 1. The van der Waals surface area contributed by atoms with Gasteiger partial charge in [0.2, 0.25) is 0 Å². The van der Waals surface area contributed by atoms with Crippen LogP contribution in [0.1, 0.15) is 23.2 Å². The third-order valence-electron chi connectivity index (χ3n) is 3.37. The molecule has 104 valence electrons. The Bertz CT molecular complexity index is 435. The van der Waals surface area contributed by atoms with Crippen LogP contribution in [0.5, 0.6) is 11.5 Å². The maximum Gasteiger partial charge on any atom is 0.253 e. The van der Waals surface area contributed by atoms with Crippen LogP contribution in [-0.4, -0.2) is 47.8 Å². The van der Waals surface area contributed by atoms with Gasteiger partial charge < -0.3 is 19.8 Å². The summed E-state index contributed by atoms with van der Waals surface area (Å²) in [4.78, 5) is 13.8. The molecule has 19 heavy (non-hydrogen) atoms. The molecule has 1 aromatic rings. The fraction of sp³-hybridized carbons (Fsp3) is 0.500. The Kier molecular flexibility index (Phi) is 4.27. The van der Waals surface area contributed by atoms with Gasteiger partial charge in [-0.3, -0.25) is 4.79 Å². The first kappa shape index (κ1) is 13.7. The number of phenolic OH excluding ortho intramolecular Hbond substituents is 2. The molecule has 5 nitrogen and oxygen atoms in total. The molecule has 1 fully saturated rings. The van der Waals surface area contributed by atoms with Crippen LogP contribution in [0.25, 0.3) is 0 Å². The summed E-state index contributed by atoms with van der Waals surface area (Å²) >= 11 is 0. The van der Waals surface area contributed by atoms with Gasteiger partial charge in [0.15, 0.2) is 0 Å². The molecular weight excluding hydrogens is 246 g/mol. The number of ether oxygens (including phenoxy) is 1. The van der Waals surface area contributed by atoms with Crippen molar-refractivity contribution in [1.29, 1.82) is 0 Å². The molecule has 0 bridgehead atoms. The van der Waals surface area contributed by atoms with Crippen molar-refractivity contribution in [3.05, 3.63) is 23.8 Å². The molecule has 2 rings (SSSR count). The van der Waals surface area contributed by atoms with Crippen molar-refractivity contribution in [2.45, 2.75) is 12.8 Å². The Morgan fingerprint density at radius 1 is 1.26 bits per heavy atom. The fourth-order valence-electron chi connectivity index (χ4n) is 2.34. The molecule has 0 unspecified atom stereocenters. The lowest BCUT2D eigenvalue weighted by atomic mass is 9.99. The number of hydrogen-bond donors (Lipinski definition) is 2. The fourth-order valence-corrected chi connectivity index (χ4v) is 2.34. The molecule has 1 aromatic carbocycles. The number of benzene rings is 1. The van der Waals surface area contributed by atoms with Gasteiger partial charge in [-0.1, -0.05) is 0 Å². The zero-order chi connectivity index (χ0) is 13.8. The van der Waals surface area contributed by atoms with Crippen molar-refractivity contribution in [3.63, 3.8) is 0 Å². The van der Waals surface area contributed by atoms with Gasteiger partial charge in [0.05, 0.1) is 0 Å². The molecule has 0 aliphatic carbocycles. The van der Waals surface area contributed by atoms with E-state index in [0.29, 0.717) is 18.0 Å². The van der Waals surface area contributed by atoms with E-state index in [-0.39, 0.29) is 17.4 Å². The summed E-state index contributed by atoms with van der Waals surface area (Å²) in [6, 6.07) is 3.93. The lowest BCUT2D eigenvalue weighted by Gasteiger charge is -2.27. The highest BCUT2D eigenvalue weighted by Crippen LogP contribution is 2.22. The van der Waals surface area contributed by atoms with E-state index in [9.17, 15) is 15.0 Å². The number of carbonyl (C=O) groups excluding carboxylic acids is 1. The predicted molar refractivity (Wildman–Crippen MR) is 70.3 cm³/mol. The van der Waals surface area contributed by atoms with Crippen molar-refractivity contribution in [3.8, 4) is 11.5 Å². The summed E-state index contributed by atoms with van der Waals surface area (Å²) in [6.07, 6.45) is 1.92. The number of aromatic hydroxyl groups is 2. The van der Waals surface area contributed by atoms with E-state index in [1.165, 1.54) is 18.2 Å².